The second kappa shape index (κ2) is 7.89. The third kappa shape index (κ3) is 5.44. The van der Waals surface area contributed by atoms with Crippen LogP contribution in [0.4, 0.5) is 4.39 Å². The summed E-state index contributed by atoms with van der Waals surface area (Å²) in [5.74, 6) is -2.19. The van der Waals surface area contributed by atoms with E-state index in [1.54, 1.807) is 32.0 Å². The number of carbonyl (C=O) groups is 2. The molecule has 2 atom stereocenters. The van der Waals surface area contributed by atoms with Gasteiger partial charge in [-0.1, -0.05) is 25.1 Å². The lowest BCUT2D eigenvalue weighted by Crippen LogP contribution is -2.52. The van der Waals surface area contributed by atoms with Crippen molar-refractivity contribution in [2.45, 2.75) is 32.2 Å². The highest BCUT2D eigenvalue weighted by molar-refractivity contribution is 5.80. The minimum absolute atomic E-state index is 0.0808. The summed E-state index contributed by atoms with van der Waals surface area (Å²) in [5, 5.41) is 11.6. The highest BCUT2D eigenvalue weighted by Gasteiger charge is 2.31. The predicted octanol–water partition coefficient (Wildman–Crippen LogP) is 2.00. The number of benzene rings is 1. The molecule has 122 valence electrons. The molecule has 2 unspecified atom stereocenters. The first kappa shape index (κ1) is 18.1. The molecule has 1 rings (SSSR count). The lowest BCUT2D eigenvalue weighted by Gasteiger charge is -2.30. The maximum absolute atomic E-state index is 13.6. The summed E-state index contributed by atoms with van der Waals surface area (Å²) < 4.78 is 18.6. The van der Waals surface area contributed by atoms with Crippen LogP contribution in [0.3, 0.4) is 0 Å². The van der Waals surface area contributed by atoms with Crippen LogP contribution in [0.2, 0.25) is 0 Å². The molecule has 5 nitrogen and oxygen atoms in total. The number of hydrogen-bond acceptors (Lipinski definition) is 3. The number of hydrogen-bond donors (Lipinski definition) is 2. The minimum atomic E-state index is -1.03. The summed E-state index contributed by atoms with van der Waals surface area (Å²) in [6.07, 6.45) is -0.00631. The number of methoxy groups -OCH3 is 1. The molecule has 0 radical (unpaired) electrons. The van der Waals surface area contributed by atoms with Gasteiger partial charge in [0.15, 0.2) is 0 Å². The number of nitrogens with one attached hydrogen (secondary N) is 1. The fourth-order valence-corrected chi connectivity index (χ4v) is 2.29. The van der Waals surface area contributed by atoms with Gasteiger partial charge < -0.3 is 15.2 Å². The van der Waals surface area contributed by atoms with Crippen LogP contribution in [-0.4, -0.2) is 36.2 Å². The Morgan fingerprint density at radius 3 is 2.59 bits per heavy atom. The van der Waals surface area contributed by atoms with Crippen molar-refractivity contribution in [1.29, 1.82) is 0 Å². The number of aliphatic carboxylic acids is 1. The van der Waals surface area contributed by atoms with E-state index < -0.39 is 17.4 Å². The largest absolute Gasteiger partial charge is 0.481 e. The van der Waals surface area contributed by atoms with Gasteiger partial charge in [-0.25, -0.2) is 4.39 Å². The Bertz CT molecular complexity index is 535. The lowest BCUT2D eigenvalue weighted by molar-refractivity contribution is -0.140. The van der Waals surface area contributed by atoms with Gasteiger partial charge in [-0.3, -0.25) is 9.59 Å². The Labute approximate surface area is 129 Å². The van der Waals surface area contributed by atoms with Gasteiger partial charge in [-0.05, 0) is 25.0 Å². The van der Waals surface area contributed by atoms with Gasteiger partial charge in [-0.15, -0.1) is 0 Å². The summed E-state index contributed by atoms with van der Waals surface area (Å²) >= 11 is 0. The van der Waals surface area contributed by atoms with Crippen molar-refractivity contribution in [2.75, 3.05) is 13.7 Å². The maximum atomic E-state index is 13.6. The van der Waals surface area contributed by atoms with Crippen LogP contribution in [0.5, 0.6) is 0 Å². The Kier molecular flexibility index (Phi) is 6.49. The number of carbonyl (C=O) groups excluding carboxylic acids is 1. The highest BCUT2D eigenvalue weighted by atomic mass is 19.1. The number of carboxylic acid groups (broad SMARTS) is 1. The standard InChI is InChI=1S/C16H22FNO4/c1-11(8-12-6-4-5-7-13(12)17)15(21)18-16(2,10-22-3)9-14(19)20/h4-7,11H,8-10H2,1-3H3,(H,18,21)(H,19,20). The molecule has 2 N–H and O–H groups in total. The second-order valence-corrected chi connectivity index (χ2v) is 5.75. The topological polar surface area (TPSA) is 75.6 Å². The third-order valence-corrected chi connectivity index (χ3v) is 3.36. The van der Waals surface area contributed by atoms with Gasteiger partial charge in [0.2, 0.25) is 5.91 Å². The smallest absolute Gasteiger partial charge is 0.305 e. The quantitative estimate of drug-likeness (QED) is 0.770. The number of carboxylic acids is 1. The van der Waals surface area contributed by atoms with Crippen LogP contribution < -0.4 is 5.32 Å². The molecule has 0 saturated heterocycles. The van der Waals surface area contributed by atoms with E-state index in [9.17, 15) is 14.0 Å². The van der Waals surface area contributed by atoms with E-state index in [0.717, 1.165) is 0 Å². The molecular formula is C16H22FNO4. The Morgan fingerprint density at radius 2 is 2.05 bits per heavy atom. The summed E-state index contributed by atoms with van der Waals surface area (Å²) in [6.45, 7) is 3.37. The number of ether oxygens (including phenoxy) is 1. The first-order valence-electron chi connectivity index (χ1n) is 7.03. The van der Waals surface area contributed by atoms with Gasteiger partial charge in [0.05, 0.1) is 18.6 Å². The van der Waals surface area contributed by atoms with Crippen molar-refractivity contribution >= 4 is 11.9 Å². The zero-order valence-corrected chi connectivity index (χ0v) is 13.1. The second-order valence-electron chi connectivity index (χ2n) is 5.75. The number of amides is 1. The highest BCUT2D eigenvalue weighted by Crippen LogP contribution is 2.16. The van der Waals surface area contributed by atoms with Crippen molar-refractivity contribution < 1.29 is 23.8 Å². The maximum Gasteiger partial charge on any atom is 0.305 e. The molecule has 0 aromatic heterocycles. The monoisotopic (exact) mass is 311 g/mol. The molecule has 0 heterocycles. The van der Waals surface area contributed by atoms with Gasteiger partial charge in [0.1, 0.15) is 5.82 Å². The first-order valence-corrected chi connectivity index (χ1v) is 7.03. The van der Waals surface area contributed by atoms with E-state index in [2.05, 4.69) is 5.32 Å². The molecular weight excluding hydrogens is 289 g/mol. The zero-order chi connectivity index (χ0) is 16.8. The average molecular weight is 311 g/mol. The molecule has 1 aromatic rings. The van der Waals surface area contributed by atoms with E-state index in [1.807, 2.05) is 0 Å². The summed E-state index contributed by atoms with van der Waals surface area (Å²) in [7, 11) is 1.44. The Morgan fingerprint density at radius 1 is 1.41 bits per heavy atom. The first-order chi connectivity index (χ1) is 10.3. The summed E-state index contributed by atoms with van der Waals surface area (Å²) in [6, 6.07) is 6.28. The molecule has 0 fully saturated rings. The van der Waals surface area contributed by atoms with Crippen molar-refractivity contribution in [3.8, 4) is 0 Å². The summed E-state index contributed by atoms with van der Waals surface area (Å²) in [5.41, 5.74) is -0.543. The normalized spacial score (nSPS) is 14.9. The van der Waals surface area contributed by atoms with Crippen LogP contribution in [0.25, 0.3) is 0 Å². The molecule has 0 bridgehead atoms. The van der Waals surface area contributed by atoms with Crippen LogP contribution >= 0.6 is 0 Å². The fraction of sp³-hybridized carbons (Fsp3) is 0.500. The third-order valence-electron chi connectivity index (χ3n) is 3.36. The molecule has 1 aromatic carbocycles. The number of rotatable bonds is 8. The van der Waals surface area contributed by atoms with Crippen LogP contribution in [0.15, 0.2) is 24.3 Å². The lowest BCUT2D eigenvalue weighted by atomic mass is 9.95. The van der Waals surface area contributed by atoms with E-state index in [1.165, 1.54) is 13.2 Å². The van der Waals surface area contributed by atoms with Crippen LogP contribution in [-0.2, 0) is 20.7 Å². The molecule has 22 heavy (non-hydrogen) atoms. The average Bonchev–Trinajstić information content (AvgIpc) is 2.40. The van der Waals surface area contributed by atoms with Crippen molar-refractivity contribution in [1.82, 2.24) is 5.32 Å². The molecule has 6 heteroatoms. The molecule has 0 spiro atoms. The van der Waals surface area contributed by atoms with Crippen molar-refractivity contribution in [3.05, 3.63) is 35.6 Å². The van der Waals surface area contributed by atoms with E-state index in [-0.39, 0.29) is 31.2 Å². The Hall–Kier alpha value is -1.95. The molecule has 0 aliphatic rings. The van der Waals surface area contributed by atoms with Gasteiger partial charge in [0, 0.05) is 13.0 Å². The minimum Gasteiger partial charge on any atom is -0.481 e. The summed E-state index contributed by atoms with van der Waals surface area (Å²) in [4.78, 5) is 23.2. The molecule has 0 saturated carbocycles. The van der Waals surface area contributed by atoms with Crippen LogP contribution in [0.1, 0.15) is 25.8 Å². The Balaban J connectivity index is 2.73. The SMILES string of the molecule is COCC(C)(CC(=O)O)NC(=O)C(C)Cc1ccccc1F. The van der Waals surface area contributed by atoms with E-state index in [0.29, 0.717) is 5.56 Å². The van der Waals surface area contributed by atoms with Crippen LogP contribution in [0, 0.1) is 11.7 Å². The molecule has 1 amide bonds. The fourth-order valence-electron chi connectivity index (χ4n) is 2.29. The van der Waals surface area contributed by atoms with Gasteiger partial charge in [-0.2, -0.15) is 0 Å². The van der Waals surface area contributed by atoms with E-state index in [4.69, 9.17) is 9.84 Å². The predicted molar refractivity (Wildman–Crippen MR) is 79.9 cm³/mol. The number of halogens is 1. The van der Waals surface area contributed by atoms with Gasteiger partial charge >= 0.3 is 5.97 Å². The van der Waals surface area contributed by atoms with E-state index >= 15 is 0 Å². The van der Waals surface area contributed by atoms with Crippen molar-refractivity contribution in [3.63, 3.8) is 0 Å². The van der Waals surface area contributed by atoms with Crippen molar-refractivity contribution in [2.24, 2.45) is 5.92 Å². The van der Waals surface area contributed by atoms with Gasteiger partial charge in [0.25, 0.3) is 0 Å². The zero-order valence-electron chi connectivity index (χ0n) is 13.1. The molecule has 0 aliphatic heterocycles. The molecule has 0 aliphatic carbocycles.